The maximum atomic E-state index is 11.7. The molecule has 5 nitrogen and oxygen atoms in total. The molecule has 0 saturated carbocycles. The van der Waals surface area contributed by atoms with Gasteiger partial charge in [-0.3, -0.25) is 4.79 Å². The molecule has 1 aromatic rings. The number of carboxylic acids is 1. The van der Waals surface area contributed by atoms with Crippen molar-refractivity contribution in [3.63, 3.8) is 0 Å². The number of carboxylic acid groups (broad SMARTS) is 1. The van der Waals surface area contributed by atoms with Crippen LogP contribution in [0.25, 0.3) is 0 Å². The van der Waals surface area contributed by atoms with Crippen molar-refractivity contribution in [2.45, 2.75) is 19.4 Å². The summed E-state index contributed by atoms with van der Waals surface area (Å²) in [4.78, 5) is 22.6. The van der Waals surface area contributed by atoms with Crippen molar-refractivity contribution in [3.8, 4) is 5.75 Å². The third-order valence-electron chi connectivity index (χ3n) is 2.31. The van der Waals surface area contributed by atoms with Crippen molar-refractivity contribution in [1.82, 2.24) is 5.32 Å². The van der Waals surface area contributed by atoms with Crippen LogP contribution in [0.3, 0.4) is 0 Å². The number of hydrogen-bond donors (Lipinski definition) is 2. The number of hydrogen-bond acceptors (Lipinski definition) is 3. The number of benzene rings is 1. The molecule has 0 atom stereocenters. The Morgan fingerprint density at radius 3 is 2.18 bits per heavy atom. The van der Waals surface area contributed by atoms with Crippen LogP contribution >= 0.6 is 0 Å². The molecule has 0 spiro atoms. The molecule has 5 heteroatoms. The minimum Gasteiger partial charge on any atom is -0.497 e. The average molecular weight is 237 g/mol. The smallest absolute Gasteiger partial charge is 0.328 e. The van der Waals surface area contributed by atoms with E-state index in [-0.39, 0.29) is 0 Å². The van der Waals surface area contributed by atoms with Crippen molar-refractivity contribution < 1.29 is 19.4 Å². The molecule has 1 rings (SSSR count). The van der Waals surface area contributed by atoms with Gasteiger partial charge in [0.25, 0.3) is 5.91 Å². The second kappa shape index (κ2) is 4.86. The Balaban J connectivity index is 2.80. The molecular weight excluding hydrogens is 222 g/mol. The normalized spacial score (nSPS) is 10.8. The summed E-state index contributed by atoms with van der Waals surface area (Å²) in [6.07, 6.45) is 0. The number of amides is 1. The molecule has 0 bridgehead atoms. The third kappa shape index (κ3) is 3.21. The van der Waals surface area contributed by atoms with Gasteiger partial charge in [0.05, 0.1) is 7.11 Å². The zero-order valence-corrected chi connectivity index (χ0v) is 9.98. The fourth-order valence-electron chi connectivity index (χ4n) is 1.15. The molecule has 0 fully saturated rings. The van der Waals surface area contributed by atoms with Gasteiger partial charge in [-0.25, -0.2) is 4.79 Å². The van der Waals surface area contributed by atoms with Crippen LogP contribution in [-0.4, -0.2) is 29.6 Å². The molecule has 1 amide bonds. The molecule has 2 N–H and O–H groups in total. The van der Waals surface area contributed by atoms with E-state index >= 15 is 0 Å². The summed E-state index contributed by atoms with van der Waals surface area (Å²) in [5, 5.41) is 11.3. The molecule has 0 aromatic heterocycles. The molecular formula is C12H15NO4. The molecule has 0 aliphatic heterocycles. The van der Waals surface area contributed by atoms with Crippen molar-refractivity contribution in [2.75, 3.05) is 7.11 Å². The van der Waals surface area contributed by atoms with Crippen molar-refractivity contribution in [2.24, 2.45) is 0 Å². The lowest BCUT2D eigenvalue weighted by Gasteiger charge is -2.20. The molecule has 0 radical (unpaired) electrons. The second-order valence-electron chi connectivity index (χ2n) is 4.11. The third-order valence-corrected chi connectivity index (χ3v) is 2.31. The van der Waals surface area contributed by atoms with Crippen LogP contribution in [-0.2, 0) is 4.79 Å². The first-order valence-electron chi connectivity index (χ1n) is 5.07. The first kappa shape index (κ1) is 13.0. The quantitative estimate of drug-likeness (QED) is 0.827. The van der Waals surface area contributed by atoms with Crippen LogP contribution in [0.1, 0.15) is 24.2 Å². The number of ether oxygens (including phenoxy) is 1. The van der Waals surface area contributed by atoms with Crippen molar-refractivity contribution >= 4 is 11.9 Å². The predicted octanol–water partition coefficient (Wildman–Crippen LogP) is 1.29. The highest BCUT2D eigenvalue weighted by atomic mass is 16.5. The predicted molar refractivity (Wildman–Crippen MR) is 62.2 cm³/mol. The monoisotopic (exact) mass is 237 g/mol. The zero-order valence-electron chi connectivity index (χ0n) is 9.98. The Morgan fingerprint density at radius 2 is 1.76 bits per heavy atom. The number of rotatable bonds is 4. The molecule has 0 unspecified atom stereocenters. The Labute approximate surface area is 99.4 Å². The van der Waals surface area contributed by atoms with E-state index in [1.165, 1.54) is 21.0 Å². The van der Waals surface area contributed by atoms with Crippen LogP contribution in [0.2, 0.25) is 0 Å². The molecule has 0 heterocycles. The number of aliphatic carboxylic acids is 1. The standard InChI is InChI=1S/C12H15NO4/c1-12(2,11(15)16)13-10(14)8-4-6-9(17-3)7-5-8/h4-7H,1-3H3,(H,13,14)(H,15,16). The first-order chi connectivity index (χ1) is 7.86. The van der Waals surface area contributed by atoms with Gasteiger partial charge in [0, 0.05) is 5.56 Å². The van der Waals surface area contributed by atoms with E-state index in [9.17, 15) is 9.59 Å². The topological polar surface area (TPSA) is 75.6 Å². The van der Waals surface area contributed by atoms with Crippen LogP contribution < -0.4 is 10.1 Å². The van der Waals surface area contributed by atoms with Crippen LogP contribution in [0.15, 0.2) is 24.3 Å². The first-order valence-corrected chi connectivity index (χ1v) is 5.07. The van der Waals surface area contributed by atoms with Gasteiger partial charge in [0.2, 0.25) is 0 Å². The summed E-state index contributed by atoms with van der Waals surface area (Å²) < 4.78 is 4.96. The minimum atomic E-state index is -1.29. The number of methoxy groups -OCH3 is 1. The molecule has 0 aliphatic rings. The Hall–Kier alpha value is -2.04. The van der Waals surface area contributed by atoms with Gasteiger partial charge in [0.15, 0.2) is 0 Å². The van der Waals surface area contributed by atoms with Gasteiger partial charge in [-0.15, -0.1) is 0 Å². The summed E-state index contributed by atoms with van der Waals surface area (Å²) >= 11 is 0. The van der Waals surface area contributed by atoms with E-state index in [0.29, 0.717) is 11.3 Å². The lowest BCUT2D eigenvalue weighted by molar-refractivity contribution is -0.143. The summed E-state index contributed by atoms with van der Waals surface area (Å²) in [7, 11) is 1.53. The van der Waals surface area contributed by atoms with Gasteiger partial charge < -0.3 is 15.2 Å². The highest BCUT2D eigenvalue weighted by molar-refractivity contribution is 5.97. The minimum absolute atomic E-state index is 0.389. The van der Waals surface area contributed by atoms with Crippen molar-refractivity contribution in [3.05, 3.63) is 29.8 Å². The fraction of sp³-hybridized carbons (Fsp3) is 0.333. The highest BCUT2D eigenvalue weighted by Crippen LogP contribution is 2.12. The Bertz CT molecular complexity index is 423. The summed E-state index contributed by atoms with van der Waals surface area (Å²) in [6.45, 7) is 2.85. The highest BCUT2D eigenvalue weighted by Gasteiger charge is 2.29. The van der Waals surface area contributed by atoms with Gasteiger partial charge in [-0.2, -0.15) is 0 Å². The largest absolute Gasteiger partial charge is 0.497 e. The van der Waals surface area contributed by atoms with Crippen LogP contribution in [0.4, 0.5) is 0 Å². The van der Waals surface area contributed by atoms with Gasteiger partial charge in [-0.05, 0) is 38.1 Å². The van der Waals surface area contributed by atoms with E-state index in [4.69, 9.17) is 9.84 Å². The van der Waals surface area contributed by atoms with Crippen LogP contribution in [0.5, 0.6) is 5.75 Å². The summed E-state index contributed by atoms with van der Waals surface area (Å²) in [5.41, 5.74) is -0.906. The van der Waals surface area contributed by atoms with Crippen LogP contribution in [0, 0.1) is 0 Å². The average Bonchev–Trinajstić information content (AvgIpc) is 2.28. The Morgan fingerprint density at radius 1 is 1.24 bits per heavy atom. The number of carbonyl (C=O) groups is 2. The summed E-state index contributed by atoms with van der Waals surface area (Å²) in [6, 6.07) is 6.43. The fourth-order valence-corrected chi connectivity index (χ4v) is 1.15. The zero-order chi connectivity index (χ0) is 13.1. The number of nitrogens with one attached hydrogen (secondary N) is 1. The van der Waals surface area contributed by atoms with Crippen molar-refractivity contribution in [1.29, 1.82) is 0 Å². The molecule has 92 valence electrons. The van der Waals surface area contributed by atoms with Gasteiger partial charge in [-0.1, -0.05) is 0 Å². The van der Waals surface area contributed by atoms with Gasteiger partial charge in [0.1, 0.15) is 11.3 Å². The molecule has 17 heavy (non-hydrogen) atoms. The summed E-state index contributed by atoms with van der Waals surface area (Å²) in [5.74, 6) is -0.876. The molecule has 1 aromatic carbocycles. The Kier molecular flexibility index (Phi) is 3.73. The lowest BCUT2D eigenvalue weighted by atomic mass is 10.1. The van der Waals surface area contributed by atoms with E-state index in [1.54, 1.807) is 24.3 Å². The molecule has 0 saturated heterocycles. The van der Waals surface area contributed by atoms with E-state index in [2.05, 4.69) is 5.32 Å². The van der Waals surface area contributed by atoms with E-state index < -0.39 is 17.4 Å². The molecule has 0 aliphatic carbocycles. The SMILES string of the molecule is COc1ccc(C(=O)NC(C)(C)C(=O)O)cc1. The van der Waals surface area contributed by atoms with E-state index in [1.807, 2.05) is 0 Å². The van der Waals surface area contributed by atoms with E-state index in [0.717, 1.165) is 0 Å². The second-order valence-corrected chi connectivity index (χ2v) is 4.11. The van der Waals surface area contributed by atoms with Gasteiger partial charge >= 0.3 is 5.97 Å². The number of carbonyl (C=O) groups excluding carboxylic acids is 1. The lowest BCUT2D eigenvalue weighted by Crippen LogP contribution is -2.49. The maximum absolute atomic E-state index is 11.7. The maximum Gasteiger partial charge on any atom is 0.328 e.